The Morgan fingerprint density at radius 2 is 1.74 bits per heavy atom. The number of benzene rings is 1. The molecule has 1 aromatic carbocycles. The third-order valence-electron chi connectivity index (χ3n) is 6.59. The van der Waals surface area contributed by atoms with Crippen LogP contribution in [0.1, 0.15) is 61.4 Å². The lowest BCUT2D eigenvalue weighted by Gasteiger charge is -2.16. The van der Waals surface area contributed by atoms with Gasteiger partial charge in [0.25, 0.3) is 11.8 Å². The van der Waals surface area contributed by atoms with Crippen molar-refractivity contribution in [3.05, 3.63) is 92.2 Å². The predicted molar refractivity (Wildman–Crippen MR) is 152 cm³/mol. The first kappa shape index (κ1) is 25.8. The van der Waals surface area contributed by atoms with Crippen LogP contribution in [0.2, 0.25) is 0 Å². The lowest BCUT2D eigenvalue weighted by Crippen LogP contribution is -2.24. The van der Waals surface area contributed by atoms with Crippen LogP contribution >= 0.6 is 22.7 Å². The van der Waals surface area contributed by atoms with Gasteiger partial charge in [-0.05, 0) is 91.6 Å². The van der Waals surface area contributed by atoms with Gasteiger partial charge in [0.15, 0.2) is 0 Å². The van der Waals surface area contributed by atoms with Crippen LogP contribution in [0.5, 0.6) is 5.75 Å². The molecule has 38 heavy (non-hydrogen) atoms. The van der Waals surface area contributed by atoms with Crippen molar-refractivity contribution in [3.63, 3.8) is 0 Å². The molecule has 0 spiro atoms. The lowest BCUT2D eigenvalue weighted by atomic mass is 9.90. The number of aryl methyl sites for hydroxylation is 2. The minimum atomic E-state index is -0.408. The second-order valence-electron chi connectivity index (χ2n) is 9.18. The van der Waals surface area contributed by atoms with Crippen molar-refractivity contribution in [2.24, 2.45) is 5.10 Å². The van der Waals surface area contributed by atoms with Crippen molar-refractivity contribution < 1.29 is 14.7 Å². The number of hydrogen-bond acceptors (Lipinski definition) is 7. The summed E-state index contributed by atoms with van der Waals surface area (Å²) in [5.74, 6) is -0.460. The highest BCUT2D eigenvalue weighted by Gasteiger charge is 2.18. The second kappa shape index (κ2) is 11.7. The van der Waals surface area contributed by atoms with E-state index in [9.17, 15) is 14.7 Å². The fourth-order valence-corrected chi connectivity index (χ4v) is 6.29. The summed E-state index contributed by atoms with van der Waals surface area (Å²) >= 11 is 2.57. The predicted octanol–water partition coefficient (Wildman–Crippen LogP) is 5.58. The Balaban J connectivity index is 1.19. The number of aromatic hydroxyl groups is 1. The van der Waals surface area contributed by atoms with Crippen LogP contribution in [0.3, 0.4) is 0 Å². The molecule has 194 valence electrons. The molecule has 9 heteroatoms. The zero-order valence-electron chi connectivity index (χ0n) is 21.0. The Bertz CT molecular complexity index is 1490. The minimum absolute atomic E-state index is 0.170. The quantitative estimate of drug-likeness (QED) is 0.199. The summed E-state index contributed by atoms with van der Waals surface area (Å²) in [6.07, 6.45) is 8.77. The maximum absolute atomic E-state index is 12.7. The first-order valence-electron chi connectivity index (χ1n) is 12.5. The van der Waals surface area contributed by atoms with E-state index in [2.05, 4.69) is 39.0 Å². The molecule has 3 heterocycles. The summed E-state index contributed by atoms with van der Waals surface area (Å²) in [7, 11) is 0. The van der Waals surface area contributed by atoms with Gasteiger partial charge in [0.2, 0.25) is 0 Å². The van der Waals surface area contributed by atoms with Gasteiger partial charge in [-0.1, -0.05) is 12.1 Å². The summed E-state index contributed by atoms with van der Waals surface area (Å²) in [6, 6.07) is 13.5. The fourth-order valence-electron chi connectivity index (χ4n) is 4.48. The van der Waals surface area contributed by atoms with E-state index in [4.69, 9.17) is 0 Å². The van der Waals surface area contributed by atoms with E-state index in [-0.39, 0.29) is 11.7 Å². The van der Waals surface area contributed by atoms with Crippen molar-refractivity contribution in [1.29, 1.82) is 0 Å². The number of rotatable bonds is 8. The van der Waals surface area contributed by atoms with Gasteiger partial charge in [0.1, 0.15) is 5.75 Å². The number of pyridine rings is 1. The van der Waals surface area contributed by atoms with Gasteiger partial charge >= 0.3 is 0 Å². The van der Waals surface area contributed by atoms with Gasteiger partial charge in [-0.2, -0.15) is 5.10 Å². The largest absolute Gasteiger partial charge is 0.506 e. The molecule has 4 aromatic rings. The number of fused-ring (bicyclic) bond motifs is 1. The summed E-state index contributed by atoms with van der Waals surface area (Å²) in [5.41, 5.74) is 8.48. The normalized spacial score (nSPS) is 13.1. The average Bonchev–Trinajstić information content (AvgIpc) is 3.59. The molecular weight excluding hydrogens is 516 g/mol. The van der Waals surface area contributed by atoms with Crippen molar-refractivity contribution in [2.75, 3.05) is 6.54 Å². The van der Waals surface area contributed by atoms with E-state index in [0.29, 0.717) is 34.0 Å². The van der Waals surface area contributed by atoms with Gasteiger partial charge in [-0.25, -0.2) is 5.43 Å². The minimum Gasteiger partial charge on any atom is -0.506 e. The van der Waals surface area contributed by atoms with Crippen molar-refractivity contribution >= 4 is 40.2 Å². The van der Waals surface area contributed by atoms with Gasteiger partial charge < -0.3 is 10.4 Å². The van der Waals surface area contributed by atoms with Gasteiger partial charge in [-0.15, -0.1) is 22.7 Å². The summed E-state index contributed by atoms with van der Waals surface area (Å²) in [6.45, 7) is 2.23. The van der Waals surface area contributed by atoms with E-state index in [1.165, 1.54) is 35.3 Å². The maximum atomic E-state index is 12.7. The summed E-state index contributed by atoms with van der Waals surface area (Å²) in [4.78, 5) is 30.7. The first-order valence-corrected chi connectivity index (χ1v) is 14.2. The van der Waals surface area contributed by atoms with Crippen LogP contribution in [0.25, 0.3) is 10.4 Å². The molecule has 0 fully saturated rings. The number of nitrogens with one attached hydrogen (secondary N) is 2. The van der Waals surface area contributed by atoms with E-state index in [1.54, 1.807) is 31.5 Å². The molecular formula is C29H28N4O3S2. The number of thiophene rings is 2. The summed E-state index contributed by atoms with van der Waals surface area (Å²) in [5, 5.41) is 19.9. The molecule has 0 atom stereocenters. The number of hydrogen-bond donors (Lipinski definition) is 3. The zero-order chi connectivity index (χ0) is 26.5. The van der Waals surface area contributed by atoms with Crippen LogP contribution in [0.15, 0.2) is 65.3 Å². The van der Waals surface area contributed by atoms with Crippen molar-refractivity contribution in [3.8, 4) is 16.2 Å². The topological polar surface area (TPSA) is 104 Å². The van der Waals surface area contributed by atoms with Crippen molar-refractivity contribution in [1.82, 2.24) is 15.7 Å². The van der Waals surface area contributed by atoms with E-state index >= 15 is 0 Å². The highest BCUT2D eigenvalue weighted by atomic mass is 32.1. The molecule has 3 aromatic heterocycles. The van der Waals surface area contributed by atoms with Crippen LogP contribution in [-0.4, -0.2) is 34.2 Å². The molecule has 3 N–H and O–H groups in total. The molecule has 0 saturated heterocycles. The highest BCUT2D eigenvalue weighted by Crippen LogP contribution is 2.40. The van der Waals surface area contributed by atoms with E-state index in [0.717, 1.165) is 40.2 Å². The number of aromatic nitrogens is 1. The van der Waals surface area contributed by atoms with Crippen LogP contribution in [0.4, 0.5) is 0 Å². The smallest absolute Gasteiger partial charge is 0.281 e. The Morgan fingerprint density at radius 1 is 1.00 bits per heavy atom. The third-order valence-corrected chi connectivity index (χ3v) is 8.69. The second-order valence-corrected chi connectivity index (χ2v) is 11.1. The van der Waals surface area contributed by atoms with Gasteiger partial charge in [0.05, 0.1) is 25.9 Å². The molecule has 2 amide bonds. The standard InChI is InChI=1S/C29H28N4O3S2/c1-18(23-17-37-27(26(23)34)22-7-6-20-4-2-3-5-21(20)16-22)32-33-29(36)25-9-8-24(38-25)28(35)31-15-12-19-10-13-30-14-11-19/h6-11,13-14,16-17,34H,2-5,12,15H2,1H3,(H,31,35)(H,33,36)/b32-18-. The lowest BCUT2D eigenvalue weighted by molar-refractivity contribution is 0.0951. The van der Waals surface area contributed by atoms with Crippen LogP contribution in [0, 0.1) is 0 Å². The molecule has 0 radical (unpaired) electrons. The molecule has 1 aliphatic rings. The number of hydrazone groups is 1. The maximum Gasteiger partial charge on any atom is 0.281 e. The van der Waals surface area contributed by atoms with Crippen LogP contribution in [-0.2, 0) is 19.3 Å². The molecule has 5 rings (SSSR count). The average molecular weight is 545 g/mol. The Hall–Kier alpha value is -3.82. The highest BCUT2D eigenvalue weighted by molar-refractivity contribution is 7.16. The Kier molecular flexibility index (Phi) is 7.95. The molecule has 0 bridgehead atoms. The molecule has 0 saturated carbocycles. The van der Waals surface area contributed by atoms with E-state index in [1.807, 2.05) is 17.5 Å². The van der Waals surface area contributed by atoms with Crippen molar-refractivity contribution in [2.45, 2.75) is 39.0 Å². The first-order chi connectivity index (χ1) is 18.5. The van der Waals surface area contributed by atoms with Gasteiger partial charge in [0, 0.05) is 24.3 Å². The third kappa shape index (κ3) is 5.84. The Labute approximate surface area is 229 Å². The van der Waals surface area contributed by atoms with Crippen LogP contribution < -0.4 is 10.7 Å². The number of carbonyl (C=O) groups excluding carboxylic acids is 2. The zero-order valence-corrected chi connectivity index (χ0v) is 22.6. The summed E-state index contributed by atoms with van der Waals surface area (Å²) < 4.78 is 0. The Morgan fingerprint density at radius 3 is 2.53 bits per heavy atom. The number of amides is 2. The molecule has 0 unspecified atom stereocenters. The fraction of sp³-hybridized carbons (Fsp3) is 0.241. The monoisotopic (exact) mass is 544 g/mol. The van der Waals surface area contributed by atoms with Gasteiger partial charge in [-0.3, -0.25) is 14.6 Å². The molecule has 7 nitrogen and oxygen atoms in total. The number of nitrogens with zero attached hydrogens (tertiary/aromatic N) is 2. The molecule has 1 aliphatic carbocycles. The SMILES string of the molecule is C/C(=N/NC(=O)c1ccc(C(=O)NCCc2ccncc2)s1)c1csc(-c2ccc3c(c2)CCCC3)c1O. The number of carbonyl (C=O) groups is 2. The van der Waals surface area contributed by atoms with E-state index < -0.39 is 5.91 Å². The molecule has 0 aliphatic heterocycles.